The molecule has 0 bridgehead atoms. The molecule has 29 heavy (non-hydrogen) atoms. The van der Waals surface area contributed by atoms with Crippen LogP contribution in [0.5, 0.6) is 5.75 Å². The van der Waals surface area contributed by atoms with E-state index in [2.05, 4.69) is 36.8 Å². The number of phenolic OH excluding ortho intramolecular Hbond substituents is 1. The number of ketones is 1. The molecule has 10 heteroatoms. The first kappa shape index (κ1) is 18.8. The third kappa shape index (κ3) is 3.38. The van der Waals surface area contributed by atoms with E-state index in [9.17, 15) is 14.7 Å². The number of ether oxygens (including phenoxy) is 1. The molecule has 146 valence electrons. The molecule has 0 saturated heterocycles. The molecule has 3 aromatic rings. The number of hydrogen-bond acceptors (Lipinski definition) is 8. The molecule has 0 saturated carbocycles. The van der Waals surface area contributed by atoms with Crippen molar-refractivity contribution in [1.82, 2.24) is 20.2 Å². The summed E-state index contributed by atoms with van der Waals surface area (Å²) in [4.78, 5) is 26.0. The highest BCUT2D eigenvalue weighted by atomic mass is 79.9. The number of aromatic nitrogens is 4. The summed E-state index contributed by atoms with van der Waals surface area (Å²) < 4.78 is 7.07. The second-order valence-electron chi connectivity index (χ2n) is 6.19. The van der Waals surface area contributed by atoms with Gasteiger partial charge in [-0.15, -0.1) is 0 Å². The molecule has 1 aliphatic heterocycles. The molecule has 2 heterocycles. The van der Waals surface area contributed by atoms with E-state index in [0.717, 1.165) is 4.47 Å². The number of benzene rings is 2. The van der Waals surface area contributed by atoms with Gasteiger partial charge in [-0.25, -0.2) is 4.79 Å². The van der Waals surface area contributed by atoms with E-state index in [1.165, 1.54) is 23.9 Å². The number of hydrogen-bond donors (Lipinski definition) is 2. The quantitative estimate of drug-likeness (QED) is 0.454. The minimum atomic E-state index is -0.849. The lowest BCUT2D eigenvalue weighted by molar-refractivity contribution is -0.136. The van der Waals surface area contributed by atoms with Gasteiger partial charge in [0, 0.05) is 10.0 Å². The molecule has 0 radical (unpaired) electrons. The average Bonchev–Trinajstić information content (AvgIpc) is 3.20. The summed E-state index contributed by atoms with van der Waals surface area (Å²) in [5, 5.41) is 24.2. The molecule has 0 spiro atoms. The average molecular weight is 456 g/mol. The standard InChI is InChI=1S/C19H14BrN5O4/c1-29-18(28)15-14(17(27)10-5-7-12(20)8-6-10)16(11-3-2-4-13(26)9-11)25-19(21-15)22-23-24-25/h2-9,16,26H,1H3,(H,21,22,24)/t16-/m1/s1. The van der Waals surface area contributed by atoms with Crippen molar-refractivity contribution < 1.29 is 19.4 Å². The molecule has 9 nitrogen and oxygen atoms in total. The molecule has 0 aliphatic carbocycles. The van der Waals surface area contributed by atoms with Crippen LogP contribution in [0.2, 0.25) is 0 Å². The highest BCUT2D eigenvalue weighted by Gasteiger charge is 2.38. The van der Waals surface area contributed by atoms with Crippen molar-refractivity contribution >= 4 is 33.6 Å². The summed E-state index contributed by atoms with van der Waals surface area (Å²) in [6.45, 7) is 0. The topological polar surface area (TPSA) is 119 Å². The maximum Gasteiger partial charge on any atom is 0.355 e. The van der Waals surface area contributed by atoms with Gasteiger partial charge >= 0.3 is 5.97 Å². The molecule has 1 atom stereocenters. The van der Waals surface area contributed by atoms with E-state index in [0.29, 0.717) is 11.1 Å². The number of methoxy groups -OCH3 is 1. The molecule has 4 rings (SSSR count). The summed E-state index contributed by atoms with van der Waals surface area (Å²) in [7, 11) is 1.22. The number of rotatable bonds is 4. The minimum Gasteiger partial charge on any atom is -0.508 e. The van der Waals surface area contributed by atoms with Crippen LogP contribution in [0.15, 0.2) is 64.3 Å². The highest BCUT2D eigenvalue weighted by Crippen LogP contribution is 2.37. The highest BCUT2D eigenvalue weighted by molar-refractivity contribution is 9.10. The fourth-order valence-corrected chi connectivity index (χ4v) is 3.41. The number of fused-ring (bicyclic) bond motifs is 1. The van der Waals surface area contributed by atoms with Gasteiger partial charge in [-0.2, -0.15) is 4.68 Å². The van der Waals surface area contributed by atoms with Crippen molar-refractivity contribution in [2.75, 3.05) is 12.4 Å². The Morgan fingerprint density at radius 2 is 1.97 bits per heavy atom. The summed E-state index contributed by atoms with van der Waals surface area (Å²) in [6.07, 6.45) is 0. The Balaban J connectivity index is 1.95. The molecule has 1 aromatic heterocycles. The van der Waals surface area contributed by atoms with Crippen molar-refractivity contribution in [2.24, 2.45) is 0 Å². The van der Waals surface area contributed by atoms with Crippen molar-refractivity contribution in [1.29, 1.82) is 0 Å². The van der Waals surface area contributed by atoms with E-state index in [1.807, 2.05) is 0 Å². The monoisotopic (exact) mass is 455 g/mol. The van der Waals surface area contributed by atoms with Gasteiger partial charge in [0.25, 0.3) is 0 Å². The number of phenols is 1. The number of tetrazole rings is 1. The summed E-state index contributed by atoms with van der Waals surface area (Å²) in [5.74, 6) is -0.957. The summed E-state index contributed by atoms with van der Waals surface area (Å²) in [6, 6.07) is 12.2. The van der Waals surface area contributed by atoms with Crippen molar-refractivity contribution in [3.63, 3.8) is 0 Å². The van der Waals surface area contributed by atoms with E-state index >= 15 is 0 Å². The zero-order valence-corrected chi connectivity index (χ0v) is 16.6. The fourth-order valence-electron chi connectivity index (χ4n) is 3.15. The first-order chi connectivity index (χ1) is 14.0. The summed E-state index contributed by atoms with van der Waals surface area (Å²) in [5.41, 5.74) is 0.940. The molecule has 0 unspecified atom stereocenters. The van der Waals surface area contributed by atoms with Gasteiger partial charge in [0.05, 0.1) is 12.7 Å². The Morgan fingerprint density at radius 1 is 1.21 bits per heavy atom. The number of nitrogens with one attached hydrogen (secondary N) is 1. The van der Waals surface area contributed by atoms with Gasteiger partial charge in [0.1, 0.15) is 17.5 Å². The first-order valence-corrected chi connectivity index (χ1v) is 9.25. The molecule has 2 aromatic carbocycles. The van der Waals surface area contributed by atoms with Crippen LogP contribution in [0.25, 0.3) is 0 Å². The Morgan fingerprint density at radius 3 is 2.66 bits per heavy atom. The van der Waals surface area contributed by atoms with E-state index in [1.54, 1.807) is 36.4 Å². The maximum absolute atomic E-state index is 13.5. The van der Waals surface area contributed by atoms with E-state index in [4.69, 9.17) is 4.74 Å². The third-order valence-corrected chi connectivity index (χ3v) is 4.97. The number of carbonyl (C=O) groups is 2. The number of anilines is 1. The Labute approximate surface area is 173 Å². The molecule has 0 amide bonds. The van der Waals surface area contributed by atoms with Crippen LogP contribution >= 0.6 is 15.9 Å². The smallest absolute Gasteiger partial charge is 0.355 e. The third-order valence-electron chi connectivity index (χ3n) is 4.44. The van der Waals surface area contributed by atoms with Crippen LogP contribution < -0.4 is 5.32 Å². The minimum absolute atomic E-state index is 0.00529. The van der Waals surface area contributed by atoms with Gasteiger partial charge in [0.15, 0.2) is 5.78 Å². The second-order valence-corrected chi connectivity index (χ2v) is 7.10. The van der Waals surface area contributed by atoms with Gasteiger partial charge in [-0.3, -0.25) is 4.79 Å². The van der Waals surface area contributed by atoms with Crippen molar-refractivity contribution in [3.8, 4) is 5.75 Å². The number of carbonyl (C=O) groups excluding carboxylic acids is 2. The molecular weight excluding hydrogens is 442 g/mol. The maximum atomic E-state index is 13.5. The SMILES string of the molecule is COC(=O)C1=C(C(=O)c2ccc(Br)cc2)[C@@H](c2cccc(O)c2)n2nnnc2N1. The number of halogens is 1. The van der Waals surface area contributed by atoms with Crippen LogP contribution in [0, 0.1) is 0 Å². The molecule has 2 N–H and O–H groups in total. The Bertz CT molecular complexity index is 1140. The van der Waals surface area contributed by atoms with Crippen LogP contribution in [-0.2, 0) is 9.53 Å². The van der Waals surface area contributed by atoms with Crippen molar-refractivity contribution in [2.45, 2.75) is 6.04 Å². The second kappa shape index (κ2) is 7.47. The van der Waals surface area contributed by atoms with E-state index in [-0.39, 0.29) is 23.0 Å². The van der Waals surface area contributed by atoms with Gasteiger partial charge < -0.3 is 15.2 Å². The predicted octanol–water partition coefficient (Wildman–Crippen LogP) is 2.47. The largest absolute Gasteiger partial charge is 0.508 e. The van der Waals surface area contributed by atoms with Crippen LogP contribution in [-0.4, -0.2) is 44.2 Å². The van der Waals surface area contributed by atoms with Gasteiger partial charge in [-0.05, 0) is 52.4 Å². The molecule has 0 fully saturated rings. The van der Waals surface area contributed by atoms with Gasteiger partial charge in [0.2, 0.25) is 5.95 Å². The van der Waals surface area contributed by atoms with E-state index < -0.39 is 17.8 Å². The normalized spacial score (nSPS) is 15.4. The number of esters is 1. The Kier molecular flexibility index (Phi) is 4.85. The lowest BCUT2D eigenvalue weighted by atomic mass is 9.89. The zero-order valence-electron chi connectivity index (χ0n) is 15.0. The summed E-state index contributed by atoms with van der Waals surface area (Å²) >= 11 is 3.34. The predicted molar refractivity (Wildman–Crippen MR) is 105 cm³/mol. The van der Waals surface area contributed by atoms with Gasteiger partial charge in [-0.1, -0.05) is 33.2 Å². The molecule has 1 aliphatic rings. The number of aromatic hydroxyl groups is 1. The number of Topliss-reactive ketones (excluding diaryl/α,β-unsaturated/α-hetero) is 1. The van der Waals surface area contributed by atoms with Crippen LogP contribution in [0.3, 0.4) is 0 Å². The van der Waals surface area contributed by atoms with Crippen LogP contribution in [0.1, 0.15) is 22.0 Å². The first-order valence-electron chi connectivity index (χ1n) is 8.46. The molecular formula is C19H14BrN5O4. The lowest BCUT2D eigenvalue weighted by Crippen LogP contribution is -2.32. The fraction of sp³-hybridized carbons (Fsp3) is 0.105. The zero-order chi connectivity index (χ0) is 20.5. The number of nitrogens with zero attached hydrogens (tertiary/aromatic N) is 4. The lowest BCUT2D eigenvalue weighted by Gasteiger charge is -2.28. The number of allylic oxidation sites excluding steroid dienone is 1. The Hall–Kier alpha value is -3.53. The van der Waals surface area contributed by atoms with Crippen LogP contribution in [0.4, 0.5) is 5.95 Å². The van der Waals surface area contributed by atoms with Crippen molar-refractivity contribution in [3.05, 3.63) is 75.4 Å².